The number of nitrogens with zero attached hydrogens (tertiary/aromatic N) is 1. The minimum Gasteiger partial charge on any atom is -0.490 e. The van der Waals surface area contributed by atoms with Crippen LogP contribution in [-0.2, 0) is 6.61 Å². The first-order valence-electron chi connectivity index (χ1n) is 9.39. The van der Waals surface area contributed by atoms with E-state index >= 15 is 0 Å². The summed E-state index contributed by atoms with van der Waals surface area (Å²) in [7, 11) is 0. The summed E-state index contributed by atoms with van der Waals surface area (Å²) in [6.45, 7) is 2.64. The van der Waals surface area contributed by atoms with Gasteiger partial charge in [-0.25, -0.2) is 5.43 Å². The van der Waals surface area contributed by atoms with E-state index < -0.39 is 0 Å². The number of nitrogens with one attached hydrogen (secondary N) is 1. The van der Waals surface area contributed by atoms with E-state index in [1.165, 1.54) is 0 Å². The summed E-state index contributed by atoms with van der Waals surface area (Å²) < 4.78 is 12.6. The third-order valence-corrected chi connectivity index (χ3v) is 5.52. The van der Waals surface area contributed by atoms with Crippen molar-refractivity contribution in [2.24, 2.45) is 5.10 Å². The third kappa shape index (κ3) is 6.59. The maximum atomic E-state index is 12.1. The van der Waals surface area contributed by atoms with Crippen LogP contribution in [0.2, 0.25) is 10.0 Å². The summed E-state index contributed by atoms with van der Waals surface area (Å²) in [6, 6.07) is 17.9. The van der Waals surface area contributed by atoms with Gasteiger partial charge < -0.3 is 9.47 Å². The second-order valence-electron chi connectivity index (χ2n) is 6.35. The number of carbonyl (C=O) groups excluding carboxylic acids is 1. The molecular formula is C23H19Cl2IN2O3. The van der Waals surface area contributed by atoms with E-state index in [1.54, 1.807) is 42.6 Å². The van der Waals surface area contributed by atoms with Crippen LogP contribution in [0.25, 0.3) is 0 Å². The van der Waals surface area contributed by atoms with E-state index in [4.69, 9.17) is 32.7 Å². The molecule has 0 aliphatic heterocycles. The molecule has 8 heteroatoms. The number of carbonyl (C=O) groups is 1. The van der Waals surface area contributed by atoms with Crippen molar-refractivity contribution >= 4 is 57.9 Å². The number of hydrogen-bond acceptors (Lipinski definition) is 4. The van der Waals surface area contributed by atoms with Crippen molar-refractivity contribution in [2.75, 3.05) is 6.61 Å². The highest BCUT2D eigenvalue weighted by Crippen LogP contribution is 2.35. The van der Waals surface area contributed by atoms with Crippen molar-refractivity contribution in [3.63, 3.8) is 0 Å². The lowest BCUT2D eigenvalue weighted by Gasteiger charge is -2.15. The largest absolute Gasteiger partial charge is 0.490 e. The number of hydrogen-bond donors (Lipinski definition) is 1. The Bertz CT molecular complexity index is 1090. The molecule has 0 saturated carbocycles. The quantitative estimate of drug-likeness (QED) is 0.196. The fourth-order valence-corrected chi connectivity index (χ4v) is 3.92. The molecule has 0 atom stereocenters. The van der Waals surface area contributed by atoms with E-state index in [9.17, 15) is 4.79 Å². The molecule has 0 aromatic heterocycles. The third-order valence-electron chi connectivity index (χ3n) is 4.13. The minimum atomic E-state index is -0.281. The van der Waals surface area contributed by atoms with Crippen molar-refractivity contribution in [2.45, 2.75) is 13.5 Å². The molecular weight excluding hydrogens is 550 g/mol. The van der Waals surface area contributed by atoms with Gasteiger partial charge in [0.2, 0.25) is 0 Å². The molecule has 1 amide bonds. The predicted octanol–water partition coefficient (Wildman–Crippen LogP) is 6.34. The number of hydrazone groups is 1. The van der Waals surface area contributed by atoms with Gasteiger partial charge in [-0.05, 0) is 71.5 Å². The normalized spacial score (nSPS) is 10.8. The molecule has 0 fully saturated rings. The summed E-state index contributed by atoms with van der Waals surface area (Å²) in [6.07, 6.45) is 1.56. The van der Waals surface area contributed by atoms with Gasteiger partial charge in [0.1, 0.15) is 6.61 Å². The highest BCUT2D eigenvalue weighted by Gasteiger charge is 2.13. The van der Waals surface area contributed by atoms with Crippen LogP contribution in [0.1, 0.15) is 28.4 Å². The van der Waals surface area contributed by atoms with Crippen LogP contribution >= 0.6 is 45.8 Å². The van der Waals surface area contributed by atoms with Gasteiger partial charge in [0.15, 0.2) is 11.5 Å². The molecule has 3 aromatic rings. The van der Waals surface area contributed by atoms with Crippen LogP contribution in [-0.4, -0.2) is 18.7 Å². The zero-order valence-corrected chi connectivity index (χ0v) is 20.2. The number of benzene rings is 3. The molecule has 0 heterocycles. The first-order valence-corrected chi connectivity index (χ1v) is 11.2. The molecule has 0 spiro atoms. The van der Waals surface area contributed by atoms with Gasteiger partial charge in [-0.2, -0.15) is 5.10 Å². The van der Waals surface area contributed by atoms with E-state index in [-0.39, 0.29) is 12.5 Å². The maximum Gasteiger partial charge on any atom is 0.271 e. The van der Waals surface area contributed by atoms with E-state index in [1.807, 2.05) is 31.2 Å². The lowest BCUT2D eigenvalue weighted by Crippen LogP contribution is -2.17. The number of ether oxygens (including phenoxy) is 2. The summed E-state index contributed by atoms with van der Waals surface area (Å²) in [5.41, 5.74) is 4.64. The molecule has 5 nitrogen and oxygen atoms in total. The van der Waals surface area contributed by atoms with Crippen molar-refractivity contribution in [3.8, 4) is 11.5 Å². The second-order valence-corrected chi connectivity index (χ2v) is 8.36. The molecule has 31 heavy (non-hydrogen) atoms. The van der Waals surface area contributed by atoms with Crippen molar-refractivity contribution in [1.29, 1.82) is 0 Å². The average Bonchev–Trinajstić information content (AvgIpc) is 2.75. The highest BCUT2D eigenvalue weighted by atomic mass is 127. The van der Waals surface area contributed by atoms with Gasteiger partial charge in [-0.1, -0.05) is 47.5 Å². The Morgan fingerprint density at radius 3 is 2.58 bits per heavy atom. The molecule has 1 N–H and O–H groups in total. The molecule has 0 saturated heterocycles. The Balaban J connectivity index is 1.74. The lowest BCUT2D eigenvalue weighted by molar-refractivity contribution is 0.0955. The Morgan fingerprint density at radius 2 is 1.87 bits per heavy atom. The second kappa shape index (κ2) is 11.4. The fourth-order valence-electron chi connectivity index (χ4n) is 2.67. The number of halogens is 3. The van der Waals surface area contributed by atoms with Gasteiger partial charge in [-0.3, -0.25) is 4.79 Å². The van der Waals surface area contributed by atoms with Crippen LogP contribution in [0.4, 0.5) is 0 Å². The number of amides is 1. The first-order chi connectivity index (χ1) is 15.0. The van der Waals surface area contributed by atoms with Crippen LogP contribution in [0.3, 0.4) is 0 Å². The summed E-state index contributed by atoms with van der Waals surface area (Å²) in [5, 5.41) is 5.16. The molecule has 0 aliphatic carbocycles. The van der Waals surface area contributed by atoms with Gasteiger partial charge >= 0.3 is 0 Å². The van der Waals surface area contributed by atoms with Crippen LogP contribution in [0, 0.1) is 3.57 Å². The molecule has 160 valence electrons. The topological polar surface area (TPSA) is 59.9 Å². The lowest BCUT2D eigenvalue weighted by atomic mass is 10.2. The Hall–Kier alpha value is -2.29. The molecule has 0 aliphatic rings. The SMILES string of the molecule is CCOc1cc(/C=N\NC(=O)c2ccccc2)cc(I)c1OCc1ccc(Cl)cc1Cl. The van der Waals surface area contributed by atoms with E-state index in [0.717, 1.165) is 14.7 Å². The van der Waals surface area contributed by atoms with Crippen LogP contribution in [0.5, 0.6) is 11.5 Å². The molecule has 0 bridgehead atoms. The highest BCUT2D eigenvalue weighted by molar-refractivity contribution is 14.1. The molecule has 0 radical (unpaired) electrons. The van der Waals surface area contributed by atoms with Crippen molar-refractivity contribution < 1.29 is 14.3 Å². The first kappa shape index (κ1) is 23.4. The smallest absolute Gasteiger partial charge is 0.271 e. The van der Waals surface area contributed by atoms with Crippen molar-refractivity contribution in [1.82, 2.24) is 5.43 Å². The van der Waals surface area contributed by atoms with Crippen LogP contribution in [0.15, 0.2) is 65.8 Å². The molecule has 0 unspecified atom stereocenters. The maximum absolute atomic E-state index is 12.1. The van der Waals surface area contributed by atoms with Gasteiger partial charge in [0, 0.05) is 21.2 Å². The fraction of sp³-hybridized carbons (Fsp3) is 0.130. The van der Waals surface area contributed by atoms with E-state index in [0.29, 0.717) is 33.7 Å². The average molecular weight is 569 g/mol. The minimum absolute atomic E-state index is 0.270. The van der Waals surface area contributed by atoms with Gasteiger partial charge in [0.05, 0.1) is 16.4 Å². The Kier molecular flexibility index (Phi) is 8.57. The van der Waals surface area contributed by atoms with E-state index in [2.05, 4.69) is 33.1 Å². The molecule has 3 rings (SSSR count). The standard InChI is InChI=1S/C23H19Cl2IN2O3/c1-2-30-21-11-15(13-27-28-23(29)16-6-4-3-5-7-16)10-20(26)22(21)31-14-17-8-9-18(24)12-19(17)25/h3-13H,2,14H2,1H3,(H,28,29)/b27-13-. The van der Waals surface area contributed by atoms with Crippen LogP contribution < -0.4 is 14.9 Å². The zero-order chi connectivity index (χ0) is 22.2. The summed E-state index contributed by atoms with van der Waals surface area (Å²) >= 11 is 14.4. The monoisotopic (exact) mass is 568 g/mol. The summed E-state index contributed by atoms with van der Waals surface area (Å²) in [4.78, 5) is 12.1. The Morgan fingerprint density at radius 1 is 1.10 bits per heavy atom. The molecule has 3 aromatic carbocycles. The Labute approximate surface area is 204 Å². The zero-order valence-electron chi connectivity index (χ0n) is 16.6. The predicted molar refractivity (Wildman–Crippen MR) is 133 cm³/mol. The number of rotatable bonds is 8. The van der Waals surface area contributed by atoms with Gasteiger partial charge in [-0.15, -0.1) is 0 Å². The van der Waals surface area contributed by atoms with Crippen molar-refractivity contribution in [3.05, 3.63) is 91.0 Å². The summed E-state index contributed by atoms with van der Waals surface area (Å²) in [5.74, 6) is 0.908. The van der Waals surface area contributed by atoms with Gasteiger partial charge in [0.25, 0.3) is 5.91 Å².